The molecule has 2 saturated heterocycles. The molecule has 0 radical (unpaired) electrons. The number of ether oxygens (including phenoxy) is 1. The highest BCUT2D eigenvalue weighted by Gasteiger charge is 2.31. The number of amides is 1. The van der Waals surface area contributed by atoms with E-state index in [1.54, 1.807) is 0 Å². The van der Waals surface area contributed by atoms with Gasteiger partial charge >= 0.3 is 0 Å². The maximum Gasteiger partial charge on any atom is 0.256 e. The minimum atomic E-state index is 0.114. The van der Waals surface area contributed by atoms with Crippen LogP contribution >= 0.6 is 0 Å². The Kier molecular flexibility index (Phi) is 7.69. The largest absolute Gasteiger partial charge is 0.493 e. The van der Waals surface area contributed by atoms with E-state index in [4.69, 9.17) is 9.73 Å². The van der Waals surface area contributed by atoms with Crippen molar-refractivity contribution in [3.63, 3.8) is 0 Å². The van der Waals surface area contributed by atoms with E-state index in [-0.39, 0.29) is 11.9 Å². The van der Waals surface area contributed by atoms with Gasteiger partial charge in [0.2, 0.25) is 0 Å². The van der Waals surface area contributed by atoms with E-state index in [1.165, 1.54) is 58.4 Å². The summed E-state index contributed by atoms with van der Waals surface area (Å²) >= 11 is 0. The molecule has 0 spiro atoms. The normalized spacial score (nSPS) is 20.8. The van der Waals surface area contributed by atoms with Crippen LogP contribution in [0.4, 0.5) is 5.69 Å². The van der Waals surface area contributed by atoms with Gasteiger partial charge in [-0.1, -0.05) is 19.3 Å². The Morgan fingerprint density at radius 2 is 1.71 bits per heavy atom. The molecule has 0 unspecified atom stereocenters. The summed E-state index contributed by atoms with van der Waals surface area (Å²) in [4.78, 5) is 24.8. The maximum absolute atomic E-state index is 13.1. The minimum Gasteiger partial charge on any atom is -0.493 e. The van der Waals surface area contributed by atoms with Crippen LogP contribution in [0.25, 0.3) is 10.8 Å². The van der Waals surface area contributed by atoms with Crippen molar-refractivity contribution in [1.82, 2.24) is 14.7 Å². The topological polar surface area (TPSA) is 48.4 Å². The second kappa shape index (κ2) is 11.1. The third kappa shape index (κ3) is 5.70. The summed E-state index contributed by atoms with van der Waals surface area (Å²) < 4.78 is 6.18. The number of benzene rings is 2. The molecule has 1 amide bonds. The number of carbonyl (C=O) groups is 1. The number of hydrogen-bond acceptors (Lipinski definition) is 5. The van der Waals surface area contributed by atoms with Crippen LogP contribution in [0, 0.1) is 6.92 Å². The molecule has 2 fully saturated rings. The molecule has 188 valence electrons. The molecule has 2 aromatic carbocycles. The van der Waals surface area contributed by atoms with Gasteiger partial charge in [-0.2, -0.15) is 0 Å². The fourth-order valence-corrected chi connectivity index (χ4v) is 5.61. The first kappa shape index (κ1) is 24.3. The molecule has 6 nitrogen and oxygen atoms in total. The number of nitrogens with zero attached hydrogens (tertiary/aromatic N) is 4. The van der Waals surface area contributed by atoms with Crippen molar-refractivity contribution in [2.75, 3.05) is 52.9 Å². The van der Waals surface area contributed by atoms with Crippen molar-refractivity contribution >= 4 is 28.6 Å². The second-order valence-electron chi connectivity index (χ2n) is 10.6. The van der Waals surface area contributed by atoms with Crippen LogP contribution in [0.1, 0.15) is 60.9 Å². The number of aliphatic imine (C=N–C) groups is 1. The molecule has 0 N–H and O–H groups in total. The van der Waals surface area contributed by atoms with Gasteiger partial charge in [0.25, 0.3) is 5.91 Å². The summed E-state index contributed by atoms with van der Waals surface area (Å²) in [6, 6.07) is 8.47. The first-order chi connectivity index (χ1) is 17.1. The zero-order chi connectivity index (χ0) is 24.2. The molecule has 2 aromatic rings. The molecule has 5 rings (SSSR count). The maximum atomic E-state index is 13.1. The van der Waals surface area contributed by atoms with Gasteiger partial charge in [-0.25, -0.2) is 0 Å². The zero-order valence-electron chi connectivity index (χ0n) is 21.5. The minimum absolute atomic E-state index is 0.114. The lowest BCUT2D eigenvalue weighted by Gasteiger charge is -2.32. The highest BCUT2D eigenvalue weighted by atomic mass is 16.5. The molecule has 3 aliphatic heterocycles. The second-order valence-corrected chi connectivity index (χ2v) is 10.6. The Morgan fingerprint density at radius 3 is 2.57 bits per heavy atom. The molecule has 3 aliphatic rings. The highest BCUT2D eigenvalue weighted by Crippen LogP contribution is 2.34. The molecule has 0 aromatic heterocycles. The van der Waals surface area contributed by atoms with E-state index in [0.29, 0.717) is 0 Å². The van der Waals surface area contributed by atoms with Crippen LogP contribution in [0.5, 0.6) is 5.75 Å². The zero-order valence-corrected chi connectivity index (χ0v) is 21.5. The van der Waals surface area contributed by atoms with Gasteiger partial charge in [-0.3, -0.25) is 9.79 Å². The van der Waals surface area contributed by atoms with Crippen molar-refractivity contribution in [2.45, 2.75) is 57.9 Å². The molecule has 0 saturated carbocycles. The molecule has 35 heavy (non-hydrogen) atoms. The molecule has 1 atom stereocenters. The number of likely N-dealkylation sites (N-methyl/N-ethyl adjacent to an activating group) is 1. The third-order valence-corrected chi connectivity index (χ3v) is 7.90. The van der Waals surface area contributed by atoms with Crippen LogP contribution in [0.15, 0.2) is 29.3 Å². The van der Waals surface area contributed by atoms with Gasteiger partial charge in [0.05, 0.1) is 23.9 Å². The van der Waals surface area contributed by atoms with Crippen molar-refractivity contribution in [1.29, 1.82) is 0 Å². The van der Waals surface area contributed by atoms with Crippen molar-refractivity contribution in [3.8, 4) is 5.75 Å². The van der Waals surface area contributed by atoms with Crippen molar-refractivity contribution in [3.05, 3.63) is 35.4 Å². The summed E-state index contributed by atoms with van der Waals surface area (Å²) in [6.45, 7) is 9.78. The Hall–Kier alpha value is -2.44. The summed E-state index contributed by atoms with van der Waals surface area (Å²) in [5.74, 6) is 1.06. The average molecular weight is 477 g/mol. The molecular weight excluding hydrogens is 436 g/mol. The van der Waals surface area contributed by atoms with Gasteiger partial charge in [-0.15, -0.1) is 0 Å². The van der Waals surface area contributed by atoms with E-state index < -0.39 is 0 Å². The summed E-state index contributed by atoms with van der Waals surface area (Å²) in [5, 5.41) is 2.16. The van der Waals surface area contributed by atoms with Crippen LogP contribution < -0.4 is 4.74 Å². The number of aryl methyl sites for hydroxylation is 1. The van der Waals surface area contributed by atoms with Gasteiger partial charge < -0.3 is 19.4 Å². The highest BCUT2D eigenvalue weighted by molar-refractivity contribution is 6.06. The molecule has 0 bridgehead atoms. The van der Waals surface area contributed by atoms with Gasteiger partial charge in [-0.05, 0) is 86.8 Å². The van der Waals surface area contributed by atoms with E-state index in [1.807, 2.05) is 23.2 Å². The van der Waals surface area contributed by atoms with Crippen LogP contribution in [-0.2, 0) is 0 Å². The van der Waals surface area contributed by atoms with E-state index in [9.17, 15) is 4.79 Å². The predicted octanol–water partition coefficient (Wildman–Crippen LogP) is 5.05. The lowest BCUT2D eigenvalue weighted by atomic mass is 10.0. The van der Waals surface area contributed by atoms with Crippen LogP contribution in [0.3, 0.4) is 0 Å². The lowest BCUT2D eigenvalue weighted by molar-refractivity contribution is 0.0775. The summed E-state index contributed by atoms with van der Waals surface area (Å²) in [7, 11) is 2.21. The van der Waals surface area contributed by atoms with E-state index >= 15 is 0 Å². The predicted molar refractivity (Wildman–Crippen MR) is 143 cm³/mol. The van der Waals surface area contributed by atoms with Crippen molar-refractivity contribution in [2.24, 2.45) is 4.99 Å². The standard InChI is InChI=1S/C29H40N4O2/c1-22-17-23-18-26-27(30-21-25-9-8-11-33(25)29(26)34)19-24(23)20-28(22)35-16-7-5-3-4-6-10-32-14-12-31(2)13-15-32/h17-21,25H,3-16H2,1-2H3/t25-/m0/s1. The van der Waals surface area contributed by atoms with Gasteiger partial charge in [0.1, 0.15) is 5.75 Å². The fourth-order valence-electron chi connectivity index (χ4n) is 5.61. The van der Waals surface area contributed by atoms with E-state index in [2.05, 4.69) is 35.9 Å². The first-order valence-corrected chi connectivity index (χ1v) is 13.6. The lowest BCUT2D eigenvalue weighted by Crippen LogP contribution is -2.44. The quantitative estimate of drug-likeness (QED) is 0.476. The smallest absolute Gasteiger partial charge is 0.256 e. The number of hydrogen-bond donors (Lipinski definition) is 0. The van der Waals surface area contributed by atoms with Gasteiger partial charge in [0, 0.05) is 38.9 Å². The Morgan fingerprint density at radius 1 is 0.943 bits per heavy atom. The molecule has 3 heterocycles. The number of unbranched alkanes of at least 4 members (excludes halogenated alkanes) is 4. The fraction of sp³-hybridized carbons (Fsp3) is 0.586. The van der Waals surface area contributed by atoms with Crippen LogP contribution in [-0.4, -0.2) is 85.8 Å². The summed E-state index contributed by atoms with van der Waals surface area (Å²) in [5.41, 5.74) is 2.62. The average Bonchev–Trinajstić information content (AvgIpc) is 3.29. The Labute approximate surface area is 209 Å². The molecule has 6 heteroatoms. The monoisotopic (exact) mass is 476 g/mol. The summed E-state index contributed by atoms with van der Waals surface area (Å²) in [6.07, 6.45) is 10.2. The number of piperazine rings is 1. The first-order valence-electron chi connectivity index (χ1n) is 13.6. The van der Waals surface area contributed by atoms with E-state index in [0.717, 1.165) is 65.8 Å². The molecule has 0 aliphatic carbocycles. The van der Waals surface area contributed by atoms with Crippen LogP contribution in [0.2, 0.25) is 0 Å². The van der Waals surface area contributed by atoms with Gasteiger partial charge in [0.15, 0.2) is 0 Å². The number of rotatable bonds is 9. The Balaban J connectivity index is 1.11. The van der Waals surface area contributed by atoms with Crippen molar-refractivity contribution < 1.29 is 9.53 Å². The Bertz CT molecular complexity index is 1070. The number of carbonyl (C=O) groups excluding carboxylic acids is 1. The molecular formula is C29H40N4O2. The number of fused-ring (bicyclic) bond motifs is 3. The third-order valence-electron chi connectivity index (χ3n) is 7.90. The SMILES string of the molecule is Cc1cc2cc3c(cc2cc1OCCCCCCCN1CCN(C)CC1)N=C[C@@H]1CCCN1C3=O.